The number of aryl methyl sites for hydroxylation is 2. The van der Waals surface area contributed by atoms with Gasteiger partial charge in [-0.2, -0.15) is 4.98 Å². The van der Waals surface area contributed by atoms with Crippen molar-refractivity contribution in [3.63, 3.8) is 0 Å². The first-order valence-corrected chi connectivity index (χ1v) is 7.44. The summed E-state index contributed by atoms with van der Waals surface area (Å²) in [6, 6.07) is 0. The van der Waals surface area contributed by atoms with Gasteiger partial charge in [-0.15, -0.1) is 11.3 Å². The number of thiazole rings is 1. The Morgan fingerprint density at radius 1 is 1.18 bits per heavy atom. The second-order valence-corrected chi connectivity index (χ2v) is 5.95. The maximum Gasteiger partial charge on any atom is 0.332 e. The molecule has 0 amide bonds. The van der Waals surface area contributed by atoms with E-state index in [1.165, 1.54) is 23.0 Å². The monoisotopic (exact) mass is 316 g/mol. The Balaban J connectivity index is 2.27. The number of nitrogens with zero attached hydrogens (tertiary/aromatic N) is 6. The first-order chi connectivity index (χ1) is 10.5. The second-order valence-electron chi connectivity index (χ2n) is 5.08. The molecule has 0 aromatic carbocycles. The van der Waals surface area contributed by atoms with Crippen LogP contribution in [0.25, 0.3) is 22.1 Å². The molecule has 9 heteroatoms. The molecule has 8 nitrogen and oxygen atoms in total. The van der Waals surface area contributed by atoms with Gasteiger partial charge in [0.05, 0.1) is 0 Å². The lowest BCUT2D eigenvalue weighted by atomic mass is 10.5. The molecule has 0 aliphatic carbocycles. The average Bonchev–Trinajstić information content (AvgIpc) is 3.17. The van der Waals surface area contributed by atoms with E-state index in [-0.39, 0.29) is 5.56 Å². The fourth-order valence-corrected chi connectivity index (χ4v) is 3.34. The molecule has 0 saturated carbocycles. The van der Waals surface area contributed by atoms with E-state index >= 15 is 0 Å². The smallest absolute Gasteiger partial charge is 0.279 e. The molecule has 4 rings (SSSR count). The van der Waals surface area contributed by atoms with Crippen LogP contribution in [-0.2, 0) is 14.1 Å². The largest absolute Gasteiger partial charge is 0.332 e. The van der Waals surface area contributed by atoms with Crippen LogP contribution in [0.3, 0.4) is 0 Å². The predicted molar refractivity (Wildman–Crippen MR) is 82.9 cm³/mol. The molecule has 0 saturated heterocycles. The second kappa shape index (κ2) is 4.17. The summed E-state index contributed by atoms with van der Waals surface area (Å²) in [5.74, 6) is 0.570. The average molecular weight is 316 g/mol. The Bertz CT molecular complexity index is 1140. The SMILES string of the molecule is Cc1cn2c3c(=O)n(C)c(=O)n(C)c3nc2n1-c1nccs1. The van der Waals surface area contributed by atoms with Crippen LogP contribution in [0.15, 0.2) is 27.4 Å². The lowest BCUT2D eigenvalue weighted by molar-refractivity contribution is 0.707. The zero-order valence-electron chi connectivity index (χ0n) is 12.1. The van der Waals surface area contributed by atoms with Gasteiger partial charge in [0.25, 0.3) is 5.56 Å². The fraction of sp³-hybridized carbons (Fsp3) is 0.231. The van der Waals surface area contributed by atoms with Gasteiger partial charge in [0, 0.05) is 37.6 Å². The summed E-state index contributed by atoms with van der Waals surface area (Å²) in [4.78, 5) is 33.3. The highest BCUT2D eigenvalue weighted by molar-refractivity contribution is 7.12. The van der Waals surface area contributed by atoms with Crippen molar-refractivity contribution >= 4 is 28.3 Å². The van der Waals surface area contributed by atoms with Crippen molar-refractivity contribution in [3.8, 4) is 5.13 Å². The molecule has 0 atom stereocenters. The van der Waals surface area contributed by atoms with Crippen LogP contribution in [0.1, 0.15) is 5.69 Å². The van der Waals surface area contributed by atoms with E-state index in [4.69, 9.17) is 0 Å². The van der Waals surface area contributed by atoms with Crippen LogP contribution < -0.4 is 11.2 Å². The molecule has 112 valence electrons. The van der Waals surface area contributed by atoms with Crippen LogP contribution in [0.5, 0.6) is 0 Å². The summed E-state index contributed by atoms with van der Waals surface area (Å²) >= 11 is 1.48. The standard InChI is InChI=1S/C13H12N6O2S/c1-7-6-18-8-9(16(2)13(21)17(3)10(8)20)15-11(18)19(7)12-14-4-5-22-12/h4-6H,1-3H3. The summed E-state index contributed by atoms with van der Waals surface area (Å²) in [6.45, 7) is 1.92. The third kappa shape index (κ3) is 1.45. The van der Waals surface area contributed by atoms with E-state index in [9.17, 15) is 9.59 Å². The van der Waals surface area contributed by atoms with Gasteiger partial charge in [-0.25, -0.2) is 9.78 Å². The van der Waals surface area contributed by atoms with Gasteiger partial charge in [0.15, 0.2) is 16.3 Å². The number of fused-ring (bicyclic) bond motifs is 3. The van der Waals surface area contributed by atoms with Crippen molar-refractivity contribution in [2.24, 2.45) is 14.1 Å². The topological polar surface area (TPSA) is 79.1 Å². The van der Waals surface area contributed by atoms with Crippen LogP contribution in [0, 0.1) is 6.92 Å². The van der Waals surface area contributed by atoms with Gasteiger partial charge in [0.2, 0.25) is 5.78 Å². The summed E-state index contributed by atoms with van der Waals surface area (Å²) < 4.78 is 6.06. The van der Waals surface area contributed by atoms with Crippen LogP contribution in [0.4, 0.5) is 0 Å². The quantitative estimate of drug-likeness (QED) is 0.510. The van der Waals surface area contributed by atoms with Crippen molar-refractivity contribution < 1.29 is 0 Å². The Hall–Kier alpha value is -2.68. The van der Waals surface area contributed by atoms with E-state index in [1.807, 2.05) is 23.1 Å². The molecule has 22 heavy (non-hydrogen) atoms. The van der Waals surface area contributed by atoms with E-state index in [2.05, 4.69) is 9.97 Å². The van der Waals surface area contributed by atoms with Gasteiger partial charge in [-0.05, 0) is 6.92 Å². The number of imidazole rings is 2. The molecule has 0 aliphatic heterocycles. The van der Waals surface area contributed by atoms with Gasteiger partial charge < -0.3 is 0 Å². The maximum absolute atomic E-state index is 12.4. The number of hydrogen-bond donors (Lipinski definition) is 0. The molecule has 0 bridgehead atoms. The predicted octanol–water partition coefficient (Wildman–Crippen LogP) is 0.441. The van der Waals surface area contributed by atoms with E-state index in [1.54, 1.807) is 17.6 Å². The highest BCUT2D eigenvalue weighted by Crippen LogP contribution is 2.21. The molecule has 4 aromatic heterocycles. The zero-order valence-corrected chi connectivity index (χ0v) is 13.0. The normalized spacial score (nSPS) is 11.8. The summed E-state index contributed by atoms with van der Waals surface area (Å²) in [6.07, 6.45) is 3.55. The summed E-state index contributed by atoms with van der Waals surface area (Å²) in [5, 5.41) is 2.65. The van der Waals surface area contributed by atoms with E-state index < -0.39 is 5.69 Å². The van der Waals surface area contributed by atoms with Crippen LogP contribution in [-0.4, -0.2) is 28.1 Å². The highest BCUT2D eigenvalue weighted by atomic mass is 32.1. The van der Waals surface area contributed by atoms with Crippen LogP contribution >= 0.6 is 11.3 Å². The van der Waals surface area contributed by atoms with Crippen LogP contribution in [0.2, 0.25) is 0 Å². The van der Waals surface area contributed by atoms with Crippen molar-refractivity contribution in [1.29, 1.82) is 0 Å². The number of aromatic nitrogens is 6. The molecule has 0 spiro atoms. The zero-order chi connectivity index (χ0) is 15.6. The molecular weight excluding hydrogens is 304 g/mol. The summed E-state index contributed by atoms with van der Waals surface area (Å²) in [7, 11) is 3.07. The molecule has 0 aliphatic rings. The molecule has 0 N–H and O–H groups in total. The van der Waals surface area contributed by atoms with E-state index in [0.717, 1.165) is 15.4 Å². The third-order valence-electron chi connectivity index (χ3n) is 3.75. The highest BCUT2D eigenvalue weighted by Gasteiger charge is 2.20. The van der Waals surface area contributed by atoms with Crippen molar-refractivity contribution in [2.75, 3.05) is 0 Å². The molecule has 4 aromatic rings. The Labute approximate surface area is 127 Å². The van der Waals surface area contributed by atoms with Gasteiger partial charge >= 0.3 is 5.69 Å². The summed E-state index contributed by atoms with van der Waals surface area (Å²) in [5.41, 5.74) is 0.916. The minimum atomic E-state index is -0.393. The first-order valence-electron chi connectivity index (χ1n) is 6.56. The molecular formula is C13H12N6O2S. The Kier molecular flexibility index (Phi) is 2.46. The Morgan fingerprint density at radius 2 is 1.95 bits per heavy atom. The maximum atomic E-state index is 12.4. The lowest BCUT2D eigenvalue weighted by Crippen LogP contribution is -2.37. The fourth-order valence-electron chi connectivity index (χ4n) is 2.65. The number of hydrogen-bond acceptors (Lipinski definition) is 5. The molecule has 0 unspecified atom stereocenters. The Morgan fingerprint density at radius 3 is 2.64 bits per heavy atom. The van der Waals surface area contributed by atoms with Crippen molar-refractivity contribution in [2.45, 2.75) is 6.92 Å². The molecule has 4 heterocycles. The van der Waals surface area contributed by atoms with Gasteiger partial charge in [-0.1, -0.05) is 0 Å². The minimum absolute atomic E-state index is 0.359. The lowest BCUT2D eigenvalue weighted by Gasteiger charge is -2.02. The van der Waals surface area contributed by atoms with Gasteiger partial charge in [-0.3, -0.25) is 22.9 Å². The van der Waals surface area contributed by atoms with Crippen molar-refractivity contribution in [1.82, 2.24) is 28.1 Å². The third-order valence-corrected chi connectivity index (χ3v) is 4.51. The first kappa shape index (κ1) is 13.0. The van der Waals surface area contributed by atoms with E-state index in [0.29, 0.717) is 16.9 Å². The van der Waals surface area contributed by atoms with Crippen molar-refractivity contribution in [3.05, 3.63) is 44.3 Å². The minimum Gasteiger partial charge on any atom is -0.279 e. The van der Waals surface area contributed by atoms with Gasteiger partial charge in [0.1, 0.15) is 0 Å². The molecule has 0 radical (unpaired) electrons. The number of rotatable bonds is 1. The molecule has 0 fully saturated rings.